The van der Waals surface area contributed by atoms with Crippen LogP contribution in [0.2, 0.25) is 0 Å². The number of hydrogen-bond donors (Lipinski definition) is 0. The SMILES string of the molecule is C=CC=C.[Co].c1cc2cc[cH-]cc-2c1. The number of hydrogen-bond acceptors (Lipinski definition) is 0. The van der Waals surface area contributed by atoms with Gasteiger partial charge in [0.15, 0.2) is 0 Å². The Morgan fingerprint density at radius 1 is 1.00 bits per heavy atom. The second-order valence-corrected chi connectivity index (χ2v) is 2.63. The van der Waals surface area contributed by atoms with Gasteiger partial charge < -0.3 is 0 Å². The summed E-state index contributed by atoms with van der Waals surface area (Å²) in [6.07, 6.45) is 3.28. The van der Waals surface area contributed by atoms with Crippen molar-refractivity contribution in [1.29, 1.82) is 0 Å². The summed E-state index contributed by atoms with van der Waals surface area (Å²) < 4.78 is 0. The second-order valence-electron chi connectivity index (χ2n) is 2.63. The molecule has 0 spiro atoms. The molecule has 0 unspecified atom stereocenters. The van der Waals surface area contributed by atoms with E-state index in [1.807, 2.05) is 0 Å². The van der Waals surface area contributed by atoms with Crippen molar-refractivity contribution < 1.29 is 16.8 Å². The van der Waals surface area contributed by atoms with Crippen molar-refractivity contribution in [2.45, 2.75) is 0 Å². The number of allylic oxidation sites excluding steroid dienone is 2. The molecule has 0 aromatic heterocycles. The van der Waals surface area contributed by atoms with Gasteiger partial charge in [0.2, 0.25) is 0 Å². The third-order valence-electron chi connectivity index (χ3n) is 1.71. The van der Waals surface area contributed by atoms with E-state index in [0.717, 1.165) is 0 Å². The predicted molar refractivity (Wildman–Crippen MR) is 59.1 cm³/mol. The van der Waals surface area contributed by atoms with Crippen molar-refractivity contribution >= 4 is 0 Å². The normalized spacial score (nSPS) is 8.00. The van der Waals surface area contributed by atoms with Gasteiger partial charge in [-0.25, -0.2) is 0 Å². The molecule has 0 amide bonds. The predicted octanol–water partition coefficient (Wildman–Crippen LogP) is 3.87. The van der Waals surface area contributed by atoms with Crippen LogP contribution in [-0.2, 0) is 16.8 Å². The molecule has 0 bridgehead atoms. The molecule has 0 heterocycles. The van der Waals surface area contributed by atoms with E-state index in [1.165, 1.54) is 11.1 Å². The summed E-state index contributed by atoms with van der Waals surface area (Å²) in [5.41, 5.74) is 2.66. The van der Waals surface area contributed by atoms with Crippen LogP contribution in [0, 0.1) is 0 Å². The standard InChI is InChI=1S/C9H7.C4H6.Co/c1-2-5-9-7-3-6-8(9)4-1;1-3-4-2;/h1-7H;3-4H,1-2H2;/q-1;;. The summed E-state index contributed by atoms with van der Waals surface area (Å²) in [6.45, 7) is 6.72. The van der Waals surface area contributed by atoms with Gasteiger partial charge in [0.05, 0.1) is 0 Å². The van der Waals surface area contributed by atoms with Gasteiger partial charge in [-0.2, -0.15) is 24.3 Å². The molecule has 0 saturated carbocycles. The molecule has 2 rings (SSSR count). The largest absolute Gasteiger partial charge is 0.172 e. The third kappa shape index (κ3) is 3.69. The van der Waals surface area contributed by atoms with Crippen molar-refractivity contribution in [2.24, 2.45) is 0 Å². The molecule has 2 aliphatic carbocycles. The van der Waals surface area contributed by atoms with Crippen LogP contribution in [0.4, 0.5) is 0 Å². The minimum absolute atomic E-state index is 0. The first-order chi connectivity index (χ1) is 6.38. The minimum Gasteiger partial charge on any atom is -0.172 e. The molecule has 1 radical (unpaired) electrons. The summed E-state index contributed by atoms with van der Waals surface area (Å²) in [7, 11) is 0. The zero-order valence-corrected chi connectivity index (χ0v) is 8.98. The Bertz CT molecular complexity index is 313. The van der Waals surface area contributed by atoms with E-state index in [1.54, 1.807) is 12.2 Å². The quantitative estimate of drug-likeness (QED) is 0.513. The monoisotopic (exact) mass is 228 g/mol. The average molecular weight is 228 g/mol. The molecule has 0 N–H and O–H groups in total. The van der Waals surface area contributed by atoms with E-state index in [2.05, 4.69) is 55.6 Å². The molecule has 0 aromatic carbocycles. The molecule has 0 aromatic rings. The first kappa shape index (κ1) is 12.8. The van der Waals surface area contributed by atoms with Crippen molar-refractivity contribution in [3.8, 4) is 11.1 Å². The average Bonchev–Trinajstić information content (AvgIpc) is 2.66. The van der Waals surface area contributed by atoms with Gasteiger partial charge in [-0.1, -0.05) is 37.4 Å². The van der Waals surface area contributed by atoms with Crippen molar-refractivity contribution in [2.75, 3.05) is 0 Å². The maximum absolute atomic E-state index is 3.36. The summed E-state index contributed by atoms with van der Waals surface area (Å²) in [6, 6.07) is 14.7. The summed E-state index contributed by atoms with van der Waals surface area (Å²) >= 11 is 0. The zero-order chi connectivity index (χ0) is 9.52. The Labute approximate surface area is 95.9 Å². The summed E-state index contributed by atoms with van der Waals surface area (Å²) in [4.78, 5) is 0. The van der Waals surface area contributed by atoms with Crippen LogP contribution in [0.15, 0.2) is 67.8 Å². The van der Waals surface area contributed by atoms with Crippen LogP contribution in [0.25, 0.3) is 11.1 Å². The van der Waals surface area contributed by atoms with E-state index >= 15 is 0 Å². The molecular formula is C13H13Co-. The third-order valence-corrected chi connectivity index (χ3v) is 1.71. The Morgan fingerprint density at radius 3 is 2.21 bits per heavy atom. The van der Waals surface area contributed by atoms with Crippen LogP contribution < -0.4 is 0 Å². The molecule has 0 nitrogen and oxygen atoms in total. The summed E-state index contributed by atoms with van der Waals surface area (Å²) in [5.74, 6) is 0. The van der Waals surface area contributed by atoms with Crippen LogP contribution in [0.3, 0.4) is 0 Å². The second kappa shape index (κ2) is 7.24. The van der Waals surface area contributed by atoms with Crippen molar-refractivity contribution in [1.82, 2.24) is 0 Å². The molecular weight excluding hydrogens is 215 g/mol. The first-order valence-corrected chi connectivity index (χ1v) is 4.22. The van der Waals surface area contributed by atoms with E-state index in [-0.39, 0.29) is 16.8 Å². The molecule has 1 heteroatoms. The number of fused-ring (bicyclic) bond motifs is 1. The first-order valence-electron chi connectivity index (χ1n) is 4.22. The molecule has 75 valence electrons. The molecule has 0 aliphatic heterocycles. The summed E-state index contributed by atoms with van der Waals surface area (Å²) in [5, 5.41) is 0. The van der Waals surface area contributed by atoms with E-state index < -0.39 is 0 Å². The molecule has 0 fully saturated rings. The van der Waals surface area contributed by atoms with Gasteiger partial charge in [-0.15, -0.1) is 17.2 Å². The van der Waals surface area contributed by atoms with Gasteiger partial charge >= 0.3 is 0 Å². The molecule has 0 atom stereocenters. The number of rotatable bonds is 1. The fourth-order valence-electron chi connectivity index (χ4n) is 1.07. The smallest absolute Gasteiger partial charge is 0 e. The Balaban J connectivity index is 0.000000299. The number of benzene rings is 1. The van der Waals surface area contributed by atoms with E-state index in [0.29, 0.717) is 0 Å². The molecule has 0 saturated heterocycles. The van der Waals surface area contributed by atoms with Gasteiger partial charge in [0.1, 0.15) is 0 Å². The van der Waals surface area contributed by atoms with Gasteiger partial charge in [-0.3, -0.25) is 0 Å². The molecule has 2 aliphatic rings. The fourth-order valence-corrected chi connectivity index (χ4v) is 1.07. The Kier molecular flexibility index (Phi) is 6.63. The molecule has 14 heavy (non-hydrogen) atoms. The topological polar surface area (TPSA) is 0 Å². The Morgan fingerprint density at radius 2 is 1.64 bits per heavy atom. The zero-order valence-electron chi connectivity index (χ0n) is 7.94. The van der Waals surface area contributed by atoms with Crippen LogP contribution >= 0.6 is 0 Å². The van der Waals surface area contributed by atoms with Crippen LogP contribution in [0.1, 0.15) is 0 Å². The Hall–Kier alpha value is -1.18. The maximum Gasteiger partial charge on any atom is 0 e. The van der Waals surface area contributed by atoms with Gasteiger partial charge in [-0.05, 0) is 0 Å². The maximum atomic E-state index is 3.36. The van der Waals surface area contributed by atoms with Crippen LogP contribution in [-0.4, -0.2) is 0 Å². The van der Waals surface area contributed by atoms with E-state index in [4.69, 9.17) is 0 Å². The minimum atomic E-state index is 0. The fraction of sp³-hybridized carbons (Fsp3) is 0. The van der Waals surface area contributed by atoms with Gasteiger partial charge in [0.25, 0.3) is 0 Å². The van der Waals surface area contributed by atoms with Crippen molar-refractivity contribution in [3.05, 3.63) is 67.8 Å². The van der Waals surface area contributed by atoms with Crippen molar-refractivity contribution in [3.63, 3.8) is 0 Å². The van der Waals surface area contributed by atoms with E-state index in [9.17, 15) is 0 Å². The van der Waals surface area contributed by atoms with Gasteiger partial charge in [0, 0.05) is 16.8 Å². The van der Waals surface area contributed by atoms with Crippen LogP contribution in [0.5, 0.6) is 0 Å².